The Morgan fingerprint density at radius 3 is 3.00 bits per heavy atom. The van der Waals surface area contributed by atoms with Crippen LogP contribution < -0.4 is 5.32 Å². The maximum atomic E-state index is 4.56. The molecule has 0 amide bonds. The Hall–Kier alpha value is 0.170. The van der Waals surface area contributed by atoms with Gasteiger partial charge in [-0.15, -0.1) is 0 Å². The van der Waals surface area contributed by atoms with Gasteiger partial charge in [-0.25, -0.2) is 0 Å². The topological polar surface area (TPSA) is 24.4 Å². The fraction of sp³-hybridized carbons (Fsp3) is 0.909. The lowest BCUT2D eigenvalue weighted by atomic mass is 10.1. The molecule has 0 spiro atoms. The van der Waals surface area contributed by atoms with Gasteiger partial charge in [0, 0.05) is 11.8 Å². The number of hydrogen-bond acceptors (Lipinski definition) is 4. The summed E-state index contributed by atoms with van der Waals surface area (Å²) in [5.74, 6) is 4.29. The van der Waals surface area contributed by atoms with E-state index in [1.807, 2.05) is 11.8 Å². The van der Waals surface area contributed by atoms with E-state index < -0.39 is 0 Å². The first-order chi connectivity index (χ1) is 7.25. The van der Waals surface area contributed by atoms with Gasteiger partial charge < -0.3 is 5.32 Å². The Bertz CT molecular complexity index is 235. The zero-order chi connectivity index (χ0) is 10.7. The average Bonchev–Trinajstić information content (AvgIpc) is 2.86. The molecule has 0 aliphatic carbocycles. The van der Waals surface area contributed by atoms with Gasteiger partial charge in [-0.2, -0.15) is 11.8 Å². The summed E-state index contributed by atoms with van der Waals surface area (Å²) < 4.78 is 0. The Morgan fingerprint density at radius 1 is 1.53 bits per heavy atom. The molecule has 2 nitrogen and oxygen atoms in total. The van der Waals surface area contributed by atoms with E-state index in [1.54, 1.807) is 0 Å². The number of amidine groups is 1. The third-order valence-electron chi connectivity index (χ3n) is 2.99. The molecule has 0 bridgehead atoms. The largest absolute Gasteiger partial charge is 0.365 e. The van der Waals surface area contributed by atoms with Crippen LogP contribution in [0.1, 0.15) is 20.3 Å². The Kier molecular flexibility index (Phi) is 4.26. The minimum Gasteiger partial charge on any atom is -0.365 e. The minimum atomic E-state index is 0.699. The number of aliphatic imine (C=N–C) groups is 1. The minimum absolute atomic E-state index is 0.699. The normalized spacial score (nSPS) is 31.0. The molecule has 2 aliphatic rings. The molecule has 1 saturated heterocycles. The molecule has 2 heterocycles. The molecule has 0 saturated carbocycles. The summed E-state index contributed by atoms with van der Waals surface area (Å²) in [7, 11) is 0. The van der Waals surface area contributed by atoms with Crippen LogP contribution in [0.5, 0.6) is 0 Å². The van der Waals surface area contributed by atoms with Crippen LogP contribution in [0.3, 0.4) is 0 Å². The molecule has 1 fully saturated rings. The predicted octanol–water partition coefficient (Wildman–Crippen LogP) is 2.46. The quantitative estimate of drug-likeness (QED) is 0.825. The monoisotopic (exact) mass is 244 g/mol. The van der Waals surface area contributed by atoms with Crippen molar-refractivity contribution in [2.24, 2.45) is 16.8 Å². The molecule has 0 aromatic carbocycles. The van der Waals surface area contributed by atoms with Crippen molar-refractivity contribution < 1.29 is 0 Å². The smallest absolute Gasteiger partial charge is 0.156 e. The van der Waals surface area contributed by atoms with Gasteiger partial charge in [-0.3, -0.25) is 4.99 Å². The molecule has 2 rings (SSSR count). The number of hydrogen-bond donors (Lipinski definition) is 1. The number of nitrogens with one attached hydrogen (secondary N) is 1. The summed E-state index contributed by atoms with van der Waals surface area (Å²) in [6, 6.07) is 0. The van der Waals surface area contributed by atoms with Crippen LogP contribution in [0.4, 0.5) is 0 Å². The second-order valence-corrected chi connectivity index (χ2v) is 7.03. The van der Waals surface area contributed by atoms with Crippen molar-refractivity contribution in [1.29, 1.82) is 0 Å². The first-order valence-corrected chi connectivity index (χ1v) is 7.82. The molecule has 4 heteroatoms. The highest BCUT2D eigenvalue weighted by Crippen LogP contribution is 2.27. The molecular formula is C11H20N2S2. The van der Waals surface area contributed by atoms with Crippen molar-refractivity contribution in [3.8, 4) is 0 Å². The lowest BCUT2D eigenvalue weighted by Gasteiger charge is -2.13. The van der Waals surface area contributed by atoms with E-state index in [2.05, 4.69) is 35.9 Å². The van der Waals surface area contributed by atoms with Crippen molar-refractivity contribution in [3.05, 3.63) is 0 Å². The predicted molar refractivity (Wildman–Crippen MR) is 72.0 cm³/mol. The van der Waals surface area contributed by atoms with Crippen LogP contribution in [-0.4, -0.2) is 35.0 Å². The van der Waals surface area contributed by atoms with E-state index in [1.165, 1.54) is 23.1 Å². The summed E-state index contributed by atoms with van der Waals surface area (Å²) in [4.78, 5) is 4.56. The highest BCUT2D eigenvalue weighted by atomic mass is 32.2. The van der Waals surface area contributed by atoms with E-state index in [-0.39, 0.29) is 0 Å². The van der Waals surface area contributed by atoms with Crippen molar-refractivity contribution >= 4 is 28.7 Å². The lowest BCUT2D eigenvalue weighted by molar-refractivity contribution is 0.582. The molecule has 15 heavy (non-hydrogen) atoms. The van der Waals surface area contributed by atoms with Gasteiger partial charge in [0.25, 0.3) is 0 Å². The van der Waals surface area contributed by atoms with E-state index in [4.69, 9.17) is 0 Å². The van der Waals surface area contributed by atoms with Crippen molar-refractivity contribution in [3.63, 3.8) is 0 Å². The second-order valence-electron chi connectivity index (χ2n) is 4.66. The SMILES string of the molecule is CC(C)C1CN=C(NCC2CCSC2)S1. The van der Waals surface area contributed by atoms with E-state index >= 15 is 0 Å². The van der Waals surface area contributed by atoms with E-state index in [0.717, 1.165) is 24.9 Å². The average molecular weight is 244 g/mol. The highest BCUT2D eigenvalue weighted by molar-refractivity contribution is 8.14. The summed E-state index contributed by atoms with van der Waals surface area (Å²) in [5.41, 5.74) is 0. The van der Waals surface area contributed by atoms with Gasteiger partial charge in [0.1, 0.15) is 0 Å². The molecule has 86 valence electrons. The first kappa shape index (κ1) is 11.6. The van der Waals surface area contributed by atoms with Crippen molar-refractivity contribution in [1.82, 2.24) is 5.32 Å². The second kappa shape index (κ2) is 5.48. The summed E-state index contributed by atoms with van der Waals surface area (Å²) in [6.07, 6.45) is 1.38. The van der Waals surface area contributed by atoms with Crippen molar-refractivity contribution in [2.45, 2.75) is 25.5 Å². The molecule has 2 aliphatic heterocycles. The van der Waals surface area contributed by atoms with Gasteiger partial charge in [0.05, 0.1) is 6.54 Å². The Morgan fingerprint density at radius 2 is 2.40 bits per heavy atom. The van der Waals surface area contributed by atoms with Crippen LogP contribution in [0.2, 0.25) is 0 Å². The molecule has 2 unspecified atom stereocenters. The first-order valence-electron chi connectivity index (χ1n) is 5.78. The van der Waals surface area contributed by atoms with Crippen LogP contribution in [0.25, 0.3) is 0 Å². The molecule has 0 radical (unpaired) electrons. The standard InChI is InChI=1S/C11H20N2S2/c1-8(2)10-6-13-11(15-10)12-5-9-3-4-14-7-9/h8-10H,3-7H2,1-2H3,(H,12,13). The molecule has 2 atom stereocenters. The van der Waals surface area contributed by atoms with Crippen LogP contribution in [0.15, 0.2) is 4.99 Å². The van der Waals surface area contributed by atoms with Crippen molar-refractivity contribution in [2.75, 3.05) is 24.6 Å². The maximum absolute atomic E-state index is 4.56. The molecular weight excluding hydrogens is 224 g/mol. The fourth-order valence-corrected chi connectivity index (χ4v) is 4.12. The van der Waals surface area contributed by atoms with E-state index in [9.17, 15) is 0 Å². The highest BCUT2D eigenvalue weighted by Gasteiger charge is 2.23. The Balaban J connectivity index is 1.68. The van der Waals surface area contributed by atoms with Gasteiger partial charge >= 0.3 is 0 Å². The number of thioether (sulfide) groups is 2. The lowest BCUT2D eigenvalue weighted by Crippen LogP contribution is -2.26. The fourth-order valence-electron chi connectivity index (χ4n) is 1.81. The molecule has 1 N–H and O–H groups in total. The van der Waals surface area contributed by atoms with E-state index in [0.29, 0.717) is 5.25 Å². The number of nitrogens with zero attached hydrogens (tertiary/aromatic N) is 1. The van der Waals surface area contributed by atoms with Gasteiger partial charge in [-0.05, 0) is 29.8 Å². The number of rotatable bonds is 3. The molecule has 0 aromatic rings. The van der Waals surface area contributed by atoms with Gasteiger partial charge in [0.15, 0.2) is 5.17 Å². The Labute approximate surface area is 101 Å². The van der Waals surface area contributed by atoms with Gasteiger partial charge in [-0.1, -0.05) is 25.6 Å². The third-order valence-corrected chi connectivity index (χ3v) is 5.71. The maximum Gasteiger partial charge on any atom is 0.156 e. The summed E-state index contributed by atoms with van der Waals surface area (Å²) >= 11 is 4.02. The van der Waals surface area contributed by atoms with Gasteiger partial charge in [0.2, 0.25) is 0 Å². The third kappa shape index (κ3) is 3.31. The summed E-state index contributed by atoms with van der Waals surface area (Å²) in [5, 5.41) is 5.39. The zero-order valence-corrected chi connectivity index (χ0v) is 11.2. The summed E-state index contributed by atoms with van der Waals surface area (Å²) in [6.45, 7) is 6.70. The molecule has 0 aromatic heterocycles. The zero-order valence-electron chi connectivity index (χ0n) is 9.53. The van der Waals surface area contributed by atoms with Crippen LogP contribution >= 0.6 is 23.5 Å². The van der Waals surface area contributed by atoms with Crippen LogP contribution in [0, 0.1) is 11.8 Å². The van der Waals surface area contributed by atoms with Crippen LogP contribution in [-0.2, 0) is 0 Å².